The molecule has 96 valence electrons. The smallest absolute Gasteiger partial charge is 0.267 e. The molecule has 0 radical (unpaired) electrons. The maximum Gasteiger partial charge on any atom is 0.271 e. The Kier molecular flexibility index (Phi) is 3.99. The van der Waals surface area contributed by atoms with Crippen LogP contribution in [0.4, 0.5) is 5.69 Å². The lowest BCUT2D eigenvalue weighted by Crippen LogP contribution is -2.17. The molecule has 0 atom stereocenters. The number of amides is 1. The van der Waals surface area contributed by atoms with E-state index in [1.807, 2.05) is 17.5 Å². The summed E-state index contributed by atoms with van der Waals surface area (Å²) in [4.78, 5) is 22.5. The van der Waals surface area contributed by atoms with Gasteiger partial charge in [-0.25, -0.2) is 5.43 Å². The highest BCUT2D eigenvalue weighted by Crippen LogP contribution is 2.11. The van der Waals surface area contributed by atoms with Gasteiger partial charge in [-0.3, -0.25) is 14.9 Å². The van der Waals surface area contributed by atoms with Crippen molar-refractivity contribution in [3.05, 3.63) is 62.3 Å². The molecule has 0 saturated heterocycles. The molecule has 0 aliphatic carbocycles. The maximum absolute atomic E-state index is 11.7. The van der Waals surface area contributed by atoms with E-state index in [-0.39, 0.29) is 5.69 Å². The summed E-state index contributed by atoms with van der Waals surface area (Å²) in [6.07, 6.45) is 1.54. The third-order valence-electron chi connectivity index (χ3n) is 2.24. The summed E-state index contributed by atoms with van der Waals surface area (Å²) in [6.45, 7) is 0. The number of carbonyl (C=O) groups is 1. The minimum Gasteiger partial charge on any atom is -0.267 e. The summed E-state index contributed by atoms with van der Waals surface area (Å²) in [6, 6.07) is 9.06. The molecular formula is C12H9N3O3S. The van der Waals surface area contributed by atoms with Gasteiger partial charge in [-0.1, -0.05) is 6.07 Å². The molecule has 2 aromatic rings. The first-order valence-corrected chi connectivity index (χ1v) is 6.16. The predicted molar refractivity (Wildman–Crippen MR) is 72.5 cm³/mol. The Hall–Kier alpha value is -2.54. The Balaban J connectivity index is 1.98. The van der Waals surface area contributed by atoms with Gasteiger partial charge in [0.25, 0.3) is 11.6 Å². The van der Waals surface area contributed by atoms with Crippen molar-refractivity contribution in [2.75, 3.05) is 0 Å². The van der Waals surface area contributed by atoms with Crippen LogP contribution in [-0.2, 0) is 0 Å². The SMILES string of the molecule is O=C(N/N=C/c1cccs1)c1ccc([N+](=O)[O-])cc1. The average Bonchev–Trinajstić information content (AvgIpc) is 2.92. The van der Waals surface area contributed by atoms with Crippen molar-refractivity contribution in [2.45, 2.75) is 0 Å². The number of non-ortho nitro benzene ring substituents is 1. The van der Waals surface area contributed by atoms with Gasteiger partial charge in [0.05, 0.1) is 11.1 Å². The van der Waals surface area contributed by atoms with Gasteiger partial charge in [0, 0.05) is 22.6 Å². The summed E-state index contributed by atoms with van der Waals surface area (Å²) in [7, 11) is 0. The fourth-order valence-corrected chi connectivity index (χ4v) is 1.90. The van der Waals surface area contributed by atoms with E-state index in [1.165, 1.54) is 41.8 Å². The normalized spacial score (nSPS) is 10.5. The highest BCUT2D eigenvalue weighted by Gasteiger charge is 2.08. The fraction of sp³-hybridized carbons (Fsp3) is 0. The summed E-state index contributed by atoms with van der Waals surface area (Å²) < 4.78 is 0. The standard InChI is InChI=1S/C12H9N3O3S/c16-12(14-13-8-11-2-1-7-19-11)9-3-5-10(6-4-9)15(17)18/h1-8H,(H,14,16)/b13-8+. The molecule has 1 N–H and O–H groups in total. The Morgan fingerprint density at radius 3 is 2.63 bits per heavy atom. The summed E-state index contributed by atoms with van der Waals surface area (Å²) in [5, 5.41) is 16.2. The molecule has 0 unspecified atom stereocenters. The van der Waals surface area contributed by atoms with E-state index in [2.05, 4.69) is 10.5 Å². The first-order chi connectivity index (χ1) is 9.16. The van der Waals surface area contributed by atoms with Crippen LogP contribution in [-0.4, -0.2) is 17.0 Å². The lowest BCUT2D eigenvalue weighted by molar-refractivity contribution is -0.384. The van der Waals surface area contributed by atoms with Crippen molar-refractivity contribution in [1.82, 2.24) is 5.43 Å². The van der Waals surface area contributed by atoms with Crippen molar-refractivity contribution in [1.29, 1.82) is 0 Å². The highest BCUT2D eigenvalue weighted by molar-refractivity contribution is 7.11. The number of nitro groups is 1. The fourth-order valence-electron chi connectivity index (χ4n) is 1.32. The Morgan fingerprint density at radius 1 is 1.32 bits per heavy atom. The van der Waals surface area contributed by atoms with Crippen molar-refractivity contribution in [3.8, 4) is 0 Å². The molecule has 7 heteroatoms. The van der Waals surface area contributed by atoms with Crippen LogP contribution in [0.25, 0.3) is 0 Å². The molecule has 1 aromatic heterocycles. The molecule has 0 aliphatic heterocycles. The van der Waals surface area contributed by atoms with Crippen molar-refractivity contribution in [3.63, 3.8) is 0 Å². The monoisotopic (exact) mass is 275 g/mol. The number of nitro benzene ring substituents is 1. The van der Waals surface area contributed by atoms with Crippen LogP contribution < -0.4 is 5.43 Å². The van der Waals surface area contributed by atoms with Gasteiger partial charge in [0.1, 0.15) is 0 Å². The molecule has 0 saturated carbocycles. The van der Waals surface area contributed by atoms with Gasteiger partial charge in [0.15, 0.2) is 0 Å². The molecule has 0 bridgehead atoms. The quantitative estimate of drug-likeness (QED) is 0.528. The zero-order chi connectivity index (χ0) is 13.7. The number of hydrogen-bond donors (Lipinski definition) is 1. The van der Waals surface area contributed by atoms with Crippen molar-refractivity contribution >= 4 is 29.1 Å². The number of carbonyl (C=O) groups excluding carboxylic acids is 1. The van der Waals surface area contributed by atoms with Crippen LogP contribution in [0.3, 0.4) is 0 Å². The molecule has 1 heterocycles. The summed E-state index contributed by atoms with van der Waals surface area (Å²) in [5.41, 5.74) is 2.61. The zero-order valence-electron chi connectivity index (χ0n) is 9.65. The third-order valence-corrected chi connectivity index (χ3v) is 3.05. The van der Waals surface area contributed by atoms with Crippen molar-refractivity contribution in [2.24, 2.45) is 5.10 Å². The molecule has 19 heavy (non-hydrogen) atoms. The second kappa shape index (κ2) is 5.87. The highest BCUT2D eigenvalue weighted by atomic mass is 32.1. The van der Waals surface area contributed by atoms with Crippen LogP contribution in [0.2, 0.25) is 0 Å². The van der Waals surface area contributed by atoms with Gasteiger partial charge in [-0.2, -0.15) is 5.10 Å². The first-order valence-electron chi connectivity index (χ1n) is 5.28. The van der Waals surface area contributed by atoms with Gasteiger partial charge in [-0.15, -0.1) is 11.3 Å². The van der Waals surface area contributed by atoms with E-state index in [1.54, 1.807) is 0 Å². The lowest BCUT2D eigenvalue weighted by atomic mass is 10.2. The van der Waals surface area contributed by atoms with Gasteiger partial charge in [-0.05, 0) is 23.6 Å². The van der Waals surface area contributed by atoms with Crippen LogP contribution in [0, 0.1) is 10.1 Å². The van der Waals surface area contributed by atoms with E-state index in [4.69, 9.17) is 0 Å². The Labute approximate surface area is 112 Å². The number of nitrogens with one attached hydrogen (secondary N) is 1. The lowest BCUT2D eigenvalue weighted by Gasteiger charge is -1.98. The number of rotatable bonds is 4. The molecule has 1 aromatic carbocycles. The largest absolute Gasteiger partial charge is 0.271 e. The number of hydrogen-bond acceptors (Lipinski definition) is 5. The minimum absolute atomic E-state index is 0.0568. The van der Waals surface area contributed by atoms with Crippen LogP contribution in [0.15, 0.2) is 46.9 Å². The number of thiophene rings is 1. The number of hydrazone groups is 1. The molecule has 0 fully saturated rings. The number of benzene rings is 1. The second-order valence-corrected chi connectivity index (χ2v) is 4.50. The van der Waals surface area contributed by atoms with E-state index in [0.717, 1.165) is 4.88 Å². The predicted octanol–water partition coefficient (Wildman–Crippen LogP) is 2.42. The molecule has 2 rings (SSSR count). The molecule has 6 nitrogen and oxygen atoms in total. The van der Waals surface area contributed by atoms with E-state index in [0.29, 0.717) is 5.56 Å². The average molecular weight is 275 g/mol. The topological polar surface area (TPSA) is 84.6 Å². The second-order valence-electron chi connectivity index (χ2n) is 3.52. The molecule has 0 aliphatic rings. The number of nitrogens with zero attached hydrogens (tertiary/aromatic N) is 2. The van der Waals surface area contributed by atoms with Gasteiger partial charge >= 0.3 is 0 Å². The molecule has 1 amide bonds. The van der Waals surface area contributed by atoms with Crippen molar-refractivity contribution < 1.29 is 9.72 Å². The summed E-state index contributed by atoms with van der Waals surface area (Å²) >= 11 is 1.50. The van der Waals surface area contributed by atoms with E-state index < -0.39 is 10.8 Å². The van der Waals surface area contributed by atoms with E-state index in [9.17, 15) is 14.9 Å². The Morgan fingerprint density at radius 2 is 2.05 bits per heavy atom. The van der Waals surface area contributed by atoms with Crippen LogP contribution >= 0.6 is 11.3 Å². The molecule has 0 spiro atoms. The van der Waals surface area contributed by atoms with Gasteiger partial charge < -0.3 is 0 Å². The van der Waals surface area contributed by atoms with E-state index >= 15 is 0 Å². The Bertz CT molecular complexity index is 606. The van der Waals surface area contributed by atoms with Crippen LogP contribution in [0.5, 0.6) is 0 Å². The van der Waals surface area contributed by atoms with Crippen LogP contribution in [0.1, 0.15) is 15.2 Å². The van der Waals surface area contributed by atoms with Gasteiger partial charge in [0.2, 0.25) is 0 Å². The third kappa shape index (κ3) is 3.46. The first kappa shape index (κ1) is 12.9. The maximum atomic E-state index is 11.7. The minimum atomic E-state index is -0.517. The zero-order valence-corrected chi connectivity index (χ0v) is 10.5. The summed E-state index contributed by atoms with van der Waals surface area (Å²) in [5.74, 6) is -0.414. The molecular weight excluding hydrogens is 266 g/mol.